The summed E-state index contributed by atoms with van der Waals surface area (Å²) >= 11 is 0. The molecule has 0 radical (unpaired) electrons. The van der Waals surface area contributed by atoms with Gasteiger partial charge < -0.3 is 19.0 Å². The van der Waals surface area contributed by atoms with Crippen molar-refractivity contribution in [2.45, 2.75) is 72.5 Å². The molecule has 0 aliphatic heterocycles. The Balaban J connectivity index is 4.70. The molecule has 8 heteroatoms. The topological polar surface area (TPSA) is 91.4 Å². The van der Waals surface area contributed by atoms with Gasteiger partial charge in [0.25, 0.3) is 0 Å². The van der Waals surface area contributed by atoms with Gasteiger partial charge in [0.15, 0.2) is 0 Å². The van der Waals surface area contributed by atoms with Gasteiger partial charge in [-0.2, -0.15) is 0 Å². The predicted octanol–water partition coefficient (Wildman–Crippen LogP) is 3.99. The van der Waals surface area contributed by atoms with Gasteiger partial charge in [0.2, 0.25) is 0 Å². The fourth-order valence-corrected chi connectivity index (χ4v) is 1.57. The molecule has 0 aromatic heterocycles. The van der Waals surface area contributed by atoms with Crippen molar-refractivity contribution < 1.29 is 33.4 Å². The summed E-state index contributed by atoms with van der Waals surface area (Å²) in [6.45, 7) is 12.3. The Hall–Kier alpha value is -2.25. The Morgan fingerprint density at radius 2 is 1.54 bits per heavy atom. The number of allylic oxidation sites excluding steroid dienone is 1. The summed E-state index contributed by atoms with van der Waals surface area (Å²) in [5, 5.41) is 0.817. The quantitative estimate of drug-likeness (QED) is 0.228. The van der Waals surface area contributed by atoms with Crippen LogP contribution in [-0.2, 0) is 23.8 Å². The fourth-order valence-electron chi connectivity index (χ4n) is 1.57. The number of amides is 1. The number of hydroxylamine groups is 2. The molecule has 0 saturated heterocycles. The van der Waals surface area contributed by atoms with Crippen molar-refractivity contribution in [3.8, 4) is 0 Å². The molecule has 0 aliphatic rings. The molecule has 8 nitrogen and oxygen atoms in total. The van der Waals surface area contributed by atoms with Crippen molar-refractivity contribution in [3.63, 3.8) is 0 Å². The second kappa shape index (κ2) is 10.7. The number of unbranched alkanes of at least 4 members (excludes halogenated alkanes) is 1. The molecule has 0 atom stereocenters. The first-order valence-corrected chi connectivity index (χ1v) is 8.59. The van der Waals surface area contributed by atoms with Crippen molar-refractivity contribution in [1.29, 1.82) is 0 Å². The third-order valence-electron chi connectivity index (χ3n) is 2.44. The van der Waals surface area contributed by atoms with Crippen molar-refractivity contribution in [1.82, 2.24) is 5.06 Å². The molecule has 0 unspecified atom stereocenters. The van der Waals surface area contributed by atoms with Gasteiger partial charge in [0, 0.05) is 6.08 Å². The van der Waals surface area contributed by atoms with Crippen molar-refractivity contribution in [2.75, 3.05) is 13.2 Å². The summed E-state index contributed by atoms with van der Waals surface area (Å²) in [7, 11) is 0. The third kappa shape index (κ3) is 13.1. The van der Waals surface area contributed by atoms with Crippen LogP contribution in [0.15, 0.2) is 12.2 Å². The van der Waals surface area contributed by atoms with Crippen molar-refractivity contribution in [2.24, 2.45) is 0 Å². The number of nitrogens with zero attached hydrogens (tertiary/aromatic N) is 1. The second-order valence-corrected chi connectivity index (χ2v) is 7.43. The Morgan fingerprint density at radius 1 is 0.962 bits per heavy atom. The molecular formula is C18H31NO7. The summed E-state index contributed by atoms with van der Waals surface area (Å²) in [6.07, 6.45) is 2.07. The van der Waals surface area contributed by atoms with Gasteiger partial charge >= 0.3 is 18.2 Å². The highest BCUT2D eigenvalue weighted by atomic mass is 16.8. The molecule has 0 spiro atoms. The van der Waals surface area contributed by atoms with Gasteiger partial charge in [-0.15, -0.1) is 5.06 Å². The van der Waals surface area contributed by atoms with Crippen LogP contribution in [0.3, 0.4) is 0 Å². The smallest absolute Gasteiger partial charge is 0.463 e. The number of hydrogen-bond acceptors (Lipinski definition) is 7. The standard InChI is InChI=1S/C18H31NO7/c1-8-23-14(20)12-10-9-11-13-19(15(21)24-17(2,3)4)26-16(22)25-18(5,6)7/h10,12H,8-9,11,13H2,1-7H3/b12-10+. The van der Waals surface area contributed by atoms with Gasteiger partial charge in [0.1, 0.15) is 11.2 Å². The second-order valence-electron chi connectivity index (χ2n) is 7.43. The molecule has 0 bridgehead atoms. The van der Waals surface area contributed by atoms with Crippen LogP contribution in [-0.4, -0.2) is 47.6 Å². The van der Waals surface area contributed by atoms with Crippen LogP contribution >= 0.6 is 0 Å². The van der Waals surface area contributed by atoms with E-state index in [9.17, 15) is 14.4 Å². The lowest BCUT2D eigenvalue weighted by atomic mass is 10.2. The molecular weight excluding hydrogens is 342 g/mol. The lowest BCUT2D eigenvalue weighted by Crippen LogP contribution is -2.40. The maximum atomic E-state index is 12.2. The number of esters is 1. The fraction of sp³-hybridized carbons (Fsp3) is 0.722. The van der Waals surface area contributed by atoms with E-state index in [0.29, 0.717) is 19.4 Å². The SMILES string of the molecule is CCOC(=O)/C=C/CCCN(OC(=O)OC(C)(C)C)C(=O)OC(C)(C)C. The minimum Gasteiger partial charge on any atom is -0.463 e. The zero-order valence-electron chi connectivity index (χ0n) is 16.8. The van der Waals surface area contributed by atoms with Crippen LogP contribution in [0, 0.1) is 0 Å². The van der Waals surface area contributed by atoms with Gasteiger partial charge in [-0.1, -0.05) is 6.08 Å². The Morgan fingerprint density at radius 3 is 2.04 bits per heavy atom. The molecule has 0 aliphatic carbocycles. The first-order chi connectivity index (χ1) is 11.8. The maximum absolute atomic E-state index is 12.2. The van der Waals surface area contributed by atoms with Gasteiger partial charge in [-0.3, -0.25) is 0 Å². The molecule has 0 fully saturated rings. The van der Waals surface area contributed by atoms with E-state index in [0.717, 1.165) is 5.06 Å². The van der Waals surface area contributed by atoms with Gasteiger partial charge in [0.05, 0.1) is 13.2 Å². The monoisotopic (exact) mass is 373 g/mol. The Kier molecular flexibility index (Phi) is 9.75. The molecule has 0 aromatic rings. The number of rotatable bonds is 6. The van der Waals surface area contributed by atoms with E-state index in [-0.39, 0.29) is 6.54 Å². The lowest BCUT2D eigenvalue weighted by molar-refractivity contribution is -0.137. The zero-order chi connectivity index (χ0) is 20.4. The lowest BCUT2D eigenvalue weighted by Gasteiger charge is -2.27. The van der Waals surface area contributed by atoms with Crippen molar-refractivity contribution in [3.05, 3.63) is 12.2 Å². The molecule has 150 valence electrons. The Bertz CT molecular complexity index is 501. The predicted molar refractivity (Wildman–Crippen MR) is 95.3 cm³/mol. The van der Waals surface area contributed by atoms with Gasteiger partial charge in [-0.25, -0.2) is 14.4 Å². The number of carbonyl (C=O) groups excluding carboxylic acids is 3. The summed E-state index contributed by atoms with van der Waals surface area (Å²) in [5.74, 6) is -0.429. The van der Waals surface area contributed by atoms with Crippen molar-refractivity contribution >= 4 is 18.2 Å². The third-order valence-corrected chi connectivity index (χ3v) is 2.44. The molecule has 1 amide bonds. The van der Waals surface area contributed by atoms with E-state index < -0.39 is 29.4 Å². The molecule has 26 heavy (non-hydrogen) atoms. The van der Waals surface area contributed by atoms with Crippen LogP contribution in [0.25, 0.3) is 0 Å². The van der Waals surface area contributed by atoms with E-state index >= 15 is 0 Å². The highest BCUT2D eigenvalue weighted by Crippen LogP contribution is 2.14. The first kappa shape index (κ1) is 23.8. The van der Waals surface area contributed by atoms with E-state index in [1.54, 1.807) is 54.5 Å². The maximum Gasteiger partial charge on any atom is 0.534 e. The summed E-state index contributed by atoms with van der Waals surface area (Å²) in [4.78, 5) is 40.2. The van der Waals surface area contributed by atoms with E-state index in [1.165, 1.54) is 6.08 Å². The van der Waals surface area contributed by atoms with Crippen LogP contribution < -0.4 is 0 Å². The number of ether oxygens (including phenoxy) is 3. The Labute approximate surface area is 155 Å². The molecule has 0 N–H and O–H groups in total. The molecule has 0 heterocycles. The van der Waals surface area contributed by atoms with E-state index in [4.69, 9.17) is 19.0 Å². The first-order valence-electron chi connectivity index (χ1n) is 8.59. The normalized spacial score (nSPS) is 11.8. The summed E-state index contributed by atoms with van der Waals surface area (Å²) in [5.41, 5.74) is -1.49. The average Bonchev–Trinajstić information content (AvgIpc) is 2.42. The minimum atomic E-state index is -0.995. The highest BCUT2D eigenvalue weighted by Gasteiger charge is 2.27. The van der Waals surface area contributed by atoms with Crippen LogP contribution in [0.5, 0.6) is 0 Å². The van der Waals surface area contributed by atoms with Crippen LogP contribution in [0.4, 0.5) is 9.59 Å². The molecule has 0 aromatic carbocycles. The van der Waals surface area contributed by atoms with Gasteiger partial charge in [-0.05, 0) is 61.3 Å². The van der Waals surface area contributed by atoms with Crippen LogP contribution in [0.1, 0.15) is 61.3 Å². The summed E-state index contributed by atoms with van der Waals surface area (Å²) in [6, 6.07) is 0. The zero-order valence-corrected chi connectivity index (χ0v) is 16.8. The number of carbonyl (C=O) groups is 3. The van der Waals surface area contributed by atoms with E-state index in [2.05, 4.69) is 0 Å². The summed E-state index contributed by atoms with van der Waals surface area (Å²) < 4.78 is 15.0. The number of hydrogen-bond donors (Lipinski definition) is 0. The van der Waals surface area contributed by atoms with E-state index in [1.807, 2.05) is 0 Å². The average molecular weight is 373 g/mol. The van der Waals surface area contributed by atoms with Crippen LogP contribution in [0.2, 0.25) is 0 Å². The highest BCUT2D eigenvalue weighted by molar-refractivity contribution is 5.81. The molecule has 0 saturated carbocycles. The largest absolute Gasteiger partial charge is 0.534 e. The molecule has 0 rings (SSSR count). The minimum absolute atomic E-state index is 0.0846.